The normalized spacial score (nSPS) is 18.8. The highest BCUT2D eigenvalue weighted by molar-refractivity contribution is 5.99. The third kappa shape index (κ3) is 3.65. The average Bonchev–Trinajstić information content (AvgIpc) is 3.12. The van der Waals surface area contributed by atoms with E-state index < -0.39 is 6.04 Å². The van der Waals surface area contributed by atoms with E-state index in [1.54, 1.807) is 36.4 Å². The van der Waals surface area contributed by atoms with E-state index in [0.717, 1.165) is 39.3 Å². The zero-order chi connectivity index (χ0) is 22.1. The molecule has 166 valence electrons. The van der Waals surface area contributed by atoms with Gasteiger partial charge in [-0.05, 0) is 30.7 Å². The molecule has 1 amide bonds. The Morgan fingerprint density at radius 3 is 2.72 bits per heavy atom. The topological polar surface area (TPSA) is 85.1 Å². The van der Waals surface area contributed by atoms with Crippen molar-refractivity contribution in [3.8, 4) is 5.75 Å². The molecule has 0 saturated carbocycles. The van der Waals surface area contributed by atoms with Crippen molar-refractivity contribution in [3.05, 3.63) is 69.8 Å². The minimum atomic E-state index is -0.564. The number of ether oxygens (including phenoxy) is 2. The summed E-state index contributed by atoms with van der Waals surface area (Å²) >= 11 is 0. The Kier molecular flexibility index (Phi) is 5.63. The Labute approximate surface area is 185 Å². The lowest BCUT2D eigenvalue weighted by molar-refractivity contribution is 0.0353. The Balaban J connectivity index is 1.52. The van der Waals surface area contributed by atoms with E-state index in [2.05, 4.69) is 9.88 Å². The van der Waals surface area contributed by atoms with Gasteiger partial charge in [0.1, 0.15) is 17.4 Å². The van der Waals surface area contributed by atoms with Crippen LogP contribution in [0.3, 0.4) is 0 Å². The lowest BCUT2D eigenvalue weighted by Gasteiger charge is -2.28. The summed E-state index contributed by atoms with van der Waals surface area (Å²) < 4.78 is 16.7. The second-order valence-electron chi connectivity index (χ2n) is 8.00. The maximum absolute atomic E-state index is 13.5. The third-order valence-electron chi connectivity index (χ3n) is 6.12. The first kappa shape index (κ1) is 20.7. The van der Waals surface area contributed by atoms with Crippen molar-refractivity contribution < 1.29 is 18.7 Å². The lowest BCUT2D eigenvalue weighted by Crippen LogP contribution is -2.39. The van der Waals surface area contributed by atoms with Crippen molar-refractivity contribution in [2.45, 2.75) is 12.5 Å². The quantitative estimate of drug-likeness (QED) is 0.588. The number of methoxy groups -OCH3 is 1. The van der Waals surface area contributed by atoms with E-state index in [4.69, 9.17) is 13.9 Å². The van der Waals surface area contributed by atoms with Gasteiger partial charge in [0.25, 0.3) is 5.91 Å². The summed E-state index contributed by atoms with van der Waals surface area (Å²) in [5.41, 5.74) is 1.16. The van der Waals surface area contributed by atoms with Crippen LogP contribution in [0.25, 0.3) is 11.0 Å². The first-order valence-electron chi connectivity index (χ1n) is 10.8. The van der Waals surface area contributed by atoms with Gasteiger partial charge in [-0.2, -0.15) is 0 Å². The fourth-order valence-electron chi connectivity index (χ4n) is 4.49. The van der Waals surface area contributed by atoms with E-state index >= 15 is 0 Å². The van der Waals surface area contributed by atoms with E-state index in [1.807, 2.05) is 18.2 Å². The molecule has 1 aromatic carbocycles. The van der Waals surface area contributed by atoms with Gasteiger partial charge < -0.3 is 18.8 Å². The van der Waals surface area contributed by atoms with Gasteiger partial charge in [-0.25, -0.2) is 0 Å². The standard InChI is InChI=1S/C24H25N3O5/c1-30-16-6-7-17-19(15-16)32-23-20(22(17)28)21(18-5-2-3-8-25-18)27(24(23)29)10-4-9-26-11-13-31-14-12-26/h2-3,5-8,15,21H,4,9-14H2,1H3/t21-/m0/s1. The summed E-state index contributed by atoms with van der Waals surface area (Å²) in [7, 11) is 1.55. The second kappa shape index (κ2) is 8.72. The molecule has 32 heavy (non-hydrogen) atoms. The van der Waals surface area contributed by atoms with Crippen LogP contribution in [0.2, 0.25) is 0 Å². The SMILES string of the molecule is COc1ccc2c(=O)c3c(oc2c1)C(=O)N(CCCN1CCOCC1)[C@H]3c1ccccn1. The van der Waals surface area contributed by atoms with Gasteiger partial charge in [0.15, 0.2) is 5.43 Å². The van der Waals surface area contributed by atoms with E-state index in [0.29, 0.717) is 34.5 Å². The molecular formula is C24H25N3O5. The third-order valence-corrected chi connectivity index (χ3v) is 6.12. The number of carbonyl (C=O) groups is 1. The highest BCUT2D eigenvalue weighted by Crippen LogP contribution is 2.37. The number of hydrogen-bond donors (Lipinski definition) is 0. The number of rotatable bonds is 6. The van der Waals surface area contributed by atoms with Crippen LogP contribution >= 0.6 is 0 Å². The number of pyridine rings is 1. The number of morpholine rings is 1. The molecule has 2 aliphatic rings. The van der Waals surface area contributed by atoms with Gasteiger partial charge in [0.2, 0.25) is 5.76 Å². The summed E-state index contributed by atoms with van der Waals surface area (Å²) in [6, 6.07) is 10.0. The molecule has 1 fully saturated rings. The molecule has 2 aliphatic heterocycles. The summed E-state index contributed by atoms with van der Waals surface area (Å²) in [6.07, 6.45) is 2.46. The molecular weight excluding hydrogens is 410 g/mol. The zero-order valence-corrected chi connectivity index (χ0v) is 18.0. The molecule has 0 radical (unpaired) electrons. The van der Waals surface area contributed by atoms with Gasteiger partial charge in [-0.3, -0.25) is 19.5 Å². The number of fused-ring (bicyclic) bond motifs is 2. The first-order valence-corrected chi connectivity index (χ1v) is 10.8. The molecule has 5 rings (SSSR count). The van der Waals surface area contributed by atoms with Gasteiger partial charge in [0, 0.05) is 38.4 Å². The number of aromatic nitrogens is 1. The van der Waals surface area contributed by atoms with Crippen LogP contribution in [-0.2, 0) is 4.74 Å². The Hall–Kier alpha value is -3.23. The maximum atomic E-state index is 13.5. The molecule has 8 heteroatoms. The molecule has 8 nitrogen and oxygen atoms in total. The van der Waals surface area contributed by atoms with Crippen LogP contribution < -0.4 is 10.2 Å². The molecule has 0 bridgehead atoms. The van der Waals surface area contributed by atoms with Crippen molar-refractivity contribution in [1.29, 1.82) is 0 Å². The predicted octanol–water partition coefficient (Wildman–Crippen LogP) is 2.46. The Morgan fingerprint density at radius 2 is 1.97 bits per heavy atom. The zero-order valence-electron chi connectivity index (χ0n) is 18.0. The minimum absolute atomic E-state index is 0.0952. The lowest BCUT2D eigenvalue weighted by atomic mass is 10.0. The summed E-state index contributed by atoms with van der Waals surface area (Å²) in [5.74, 6) is 0.381. The maximum Gasteiger partial charge on any atom is 0.290 e. The minimum Gasteiger partial charge on any atom is -0.497 e. The smallest absolute Gasteiger partial charge is 0.290 e. The molecule has 2 aromatic heterocycles. The van der Waals surface area contributed by atoms with Crippen molar-refractivity contribution in [2.24, 2.45) is 0 Å². The van der Waals surface area contributed by atoms with E-state index in [1.165, 1.54) is 0 Å². The summed E-state index contributed by atoms with van der Waals surface area (Å²) in [6.45, 7) is 4.62. The molecule has 0 unspecified atom stereocenters. The predicted molar refractivity (Wildman–Crippen MR) is 118 cm³/mol. The fraction of sp³-hybridized carbons (Fsp3) is 0.375. The number of benzene rings is 1. The molecule has 3 aromatic rings. The molecule has 1 atom stereocenters. The van der Waals surface area contributed by atoms with E-state index in [9.17, 15) is 9.59 Å². The van der Waals surface area contributed by atoms with Crippen LogP contribution in [0.1, 0.15) is 34.3 Å². The molecule has 1 saturated heterocycles. The van der Waals surface area contributed by atoms with Crippen molar-refractivity contribution in [2.75, 3.05) is 46.5 Å². The highest BCUT2D eigenvalue weighted by Gasteiger charge is 2.43. The molecule has 0 spiro atoms. The van der Waals surface area contributed by atoms with Gasteiger partial charge in [-0.1, -0.05) is 6.07 Å². The number of nitrogens with zero attached hydrogens (tertiary/aromatic N) is 3. The first-order chi connectivity index (χ1) is 15.7. The molecule has 4 heterocycles. The summed E-state index contributed by atoms with van der Waals surface area (Å²) in [4.78, 5) is 35.4. The Bertz CT molecular complexity index is 1190. The van der Waals surface area contributed by atoms with Gasteiger partial charge in [0.05, 0.1) is 37.0 Å². The second-order valence-corrected chi connectivity index (χ2v) is 8.00. The van der Waals surface area contributed by atoms with Crippen molar-refractivity contribution in [1.82, 2.24) is 14.8 Å². The van der Waals surface area contributed by atoms with Crippen LogP contribution in [-0.4, -0.2) is 67.2 Å². The Morgan fingerprint density at radius 1 is 1.12 bits per heavy atom. The van der Waals surface area contributed by atoms with E-state index in [-0.39, 0.29) is 17.1 Å². The van der Waals surface area contributed by atoms with Crippen LogP contribution in [0, 0.1) is 0 Å². The molecule has 0 N–H and O–H groups in total. The highest BCUT2D eigenvalue weighted by atomic mass is 16.5. The van der Waals surface area contributed by atoms with Crippen molar-refractivity contribution >= 4 is 16.9 Å². The fourth-order valence-corrected chi connectivity index (χ4v) is 4.49. The molecule has 0 aliphatic carbocycles. The monoisotopic (exact) mass is 435 g/mol. The number of carbonyl (C=O) groups excluding carboxylic acids is 1. The van der Waals surface area contributed by atoms with Crippen LogP contribution in [0.4, 0.5) is 0 Å². The van der Waals surface area contributed by atoms with Gasteiger partial charge >= 0.3 is 0 Å². The number of hydrogen-bond acceptors (Lipinski definition) is 7. The summed E-state index contributed by atoms with van der Waals surface area (Å²) in [5, 5.41) is 0.424. The van der Waals surface area contributed by atoms with Crippen LogP contribution in [0.15, 0.2) is 51.8 Å². The van der Waals surface area contributed by atoms with Gasteiger partial charge in [-0.15, -0.1) is 0 Å². The van der Waals surface area contributed by atoms with Crippen molar-refractivity contribution in [3.63, 3.8) is 0 Å². The average molecular weight is 435 g/mol. The van der Waals surface area contributed by atoms with Crippen LogP contribution in [0.5, 0.6) is 5.75 Å². The number of amides is 1. The largest absolute Gasteiger partial charge is 0.497 e.